The molecular weight excluding hydrogens is 254 g/mol. The Morgan fingerprint density at radius 2 is 2.44 bits per heavy atom. The van der Waals surface area contributed by atoms with Crippen molar-refractivity contribution in [3.8, 4) is 0 Å². The van der Waals surface area contributed by atoms with Crippen LogP contribution in [0.3, 0.4) is 0 Å². The molecule has 0 aliphatic rings. The highest BCUT2D eigenvalue weighted by Crippen LogP contribution is 2.14. The van der Waals surface area contributed by atoms with Gasteiger partial charge >= 0.3 is 0 Å². The molecule has 0 aromatic carbocycles. The van der Waals surface area contributed by atoms with Crippen molar-refractivity contribution in [1.29, 1.82) is 0 Å². The average Bonchev–Trinajstić information content (AvgIpc) is 2.89. The number of aromatic nitrogens is 4. The largest absolute Gasteiger partial charge is 0.396 e. The minimum atomic E-state index is -0.204. The number of amides is 1. The van der Waals surface area contributed by atoms with E-state index in [1.165, 1.54) is 16.0 Å². The summed E-state index contributed by atoms with van der Waals surface area (Å²) in [5.74, 6) is -0.204. The first-order valence-corrected chi connectivity index (χ1v) is 6.27. The zero-order chi connectivity index (χ0) is 13.0. The van der Waals surface area contributed by atoms with Gasteiger partial charge in [0, 0.05) is 24.6 Å². The Kier molecular flexibility index (Phi) is 4.00. The molecule has 2 N–H and O–H groups in total. The van der Waals surface area contributed by atoms with Crippen LogP contribution in [0, 0.1) is 6.92 Å². The molecule has 0 aliphatic heterocycles. The monoisotopic (exact) mass is 267 g/mol. The van der Waals surface area contributed by atoms with Crippen LogP contribution in [0.5, 0.6) is 0 Å². The van der Waals surface area contributed by atoms with Crippen molar-refractivity contribution < 1.29 is 9.90 Å². The Balaban J connectivity index is 1.90. The zero-order valence-corrected chi connectivity index (χ0v) is 10.6. The van der Waals surface area contributed by atoms with E-state index in [1.807, 2.05) is 12.3 Å². The number of hydrogen-bond acceptors (Lipinski definition) is 6. The lowest BCUT2D eigenvalue weighted by atomic mass is 10.3. The molecule has 7 nitrogen and oxygen atoms in total. The fourth-order valence-electron chi connectivity index (χ4n) is 1.36. The number of carbonyl (C=O) groups excluding carboxylic acids is 1. The van der Waals surface area contributed by atoms with Crippen LogP contribution in [0.4, 0.5) is 5.13 Å². The van der Waals surface area contributed by atoms with Crippen LogP contribution in [0.25, 0.3) is 0 Å². The number of aliphatic hydroxyl groups is 1. The second-order valence-electron chi connectivity index (χ2n) is 3.72. The van der Waals surface area contributed by atoms with Crippen molar-refractivity contribution in [3.05, 3.63) is 23.0 Å². The summed E-state index contributed by atoms with van der Waals surface area (Å²) in [6.45, 7) is 1.96. The third kappa shape index (κ3) is 3.34. The lowest BCUT2D eigenvalue weighted by Crippen LogP contribution is -2.19. The molecule has 1 amide bonds. The fourth-order valence-corrected chi connectivity index (χ4v) is 2.07. The van der Waals surface area contributed by atoms with Crippen molar-refractivity contribution in [2.75, 3.05) is 11.9 Å². The first-order chi connectivity index (χ1) is 8.67. The predicted octanol–water partition coefficient (Wildman–Crippen LogP) is 0.217. The van der Waals surface area contributed by atoms with Gasteiger partial charge in [0.15, 0.2) is 5.13 Å². The molecule has 0 unspecified atom stereocenters. The van der Waals surface area contributed by atoms with E-state index in [-0.39, 0.29) is 19.1 Å². The molecule has 2 heterocycles. The molecule has 8 heteroatoms. The Labute approximate surface area is 107 Å². The first-order valence-electron chi connectivity index (χ1n) is 5.39. The molecule has 0 aliphatic carbocycles. The van der Waals surface area contributed by atoms with E-state index in [9.17, 15) is 4.79 Å². The summed E-state index contributed by atoms with van der Waals surface area (Å²) in [6.07, 6.45) is 2.08. The number of anilines is 1. The number of rotatable bonds is 5. The van der Waals surface area contributed by atoms with Crippen molar-refractivity contribution in [2.24, 2.45) is 0 Å². The smallest absolute Gasteiger partial charge is 0.247 e. The molecule has 2 aromatic rings. The third-order valence-electron chi connectivity index (χ3n) is 2.13. The second-order valence-corrected chi connectivity index (χ2v) is 4.58. The normalized spacial score (nSPS) is 10.6. The predicted molar refractivity (Wildman–Crippen MR) is 66.3 cm³/mol. The molecular formula is C10H13N5O2S. The Bertz CT molecular complexity index is 536. The molecule has 0 fully saturated rings. The van der Waals surface area contributed by atoms with Crippen LogP contribution in [0.2, 0.25) is 0 Å². The van der Waals surface area contributed by atoms with Gasteiger partial charge in [-0.05, 0) is 6.92 Å². The Morgan fingerprint density at radius 3 is 3.11 bits per heavy atom. The van der Waals surface area contributed by atoms with Gasteiger partial charge in [-0.3, -0.25) is 4.79 Å². The van der Waals surface area contributed by atoms with Gasteiger partial charge in [-0.1, -0.05) is 5.21 Å². The van der Waals surface area contributed by atoms with Gasteiger partial charge in [0.05, 0.1) is 11.4 Å². The van der Waals surface area contributed by atoms with Crippen molar-refractivity contribution in [2.45, 2.75) is 19.9 Å². The molecule has 2 rings (SSSR count). The first kappa shape index (κ1) is 12.7. The molecule has 2 aromatic heterocycles. The number of thiazole rings is 1. The third-order valence-corrected chi connectivity index (χ3v) is 3.00. The summed E-state index contributed by atoms with van der Waals surface area (Å²) in [7, 11) is 0. The molecule has 0 atom stereocenters. The lowest BCUT2D eigenvalue weighted by molar-refractivity contribution is -0.116. The summed E-state index contributed by atoms with van der Waals surface area (Å²) in [5, 5.41) is 21.5. The number of nitrogens with one attached hydrogen (secondary N) is 1. The summed E-state index contributed by atoms with van der Waals surface area (Å²) >= 11 is 1.38. The summed E-state index contributed by atoms with van der Waals surface area (Å²) in [4.78, 5) is 15.8. The molecule has 0 bridgehead atoms. The van der Waals surface area contributed by atoms with E-state index in [0.717, 1.165) is 5.69 Å². The number of aryl methyl sites for hydroxylation is 1. The fraction of sp³-hybridized carbons (Fsp3) is 0.400. The van der Waals surface area contributed by atoms with Crippen LogP contribution in [-0.2, 0) is 17.8 Å². The number of nitrogens with zero attached hydrogens (tertiary/aromatic N) is 4. The second kappa shape index (κ2) is 5.69. The standard InChI is InChI=1S/C10H13N5O2S/c1-7-6-18-10(11-7)12-9(17)5-15-4-8(2-3-16)13-14-15/h4,6,16H,2-3,5H2,1H3,(H,11,12,17). The SMILES string of the molecule is Cc1csc(NC(=O)Cn2cc(CCO)nn2)n1. The van der Waals surface area contributed by atoms with E-state index < -0.39 is 0 Å². The van der Waals surface area contributed by atoms with E-state index in [2.05, 4.69) is 20.6 Å². The number of aliphatic hydroxyl groups excluding tert-OH is 1. The highest BCUT2D eigenvalue weighted by Gasteiger charge is 2.08. The minimum Gasteiger partial charge on any atom is -0.396 e. The summed E-state index contributed by atoms with van der Waals surface area (Å²) < 4.78 is 1.43. The van der Waals surface area contributed by atoms with Gasteiger partial charge in [-0.15, -0.1) is 16.4 Å². The summed E-state index contributed by atoms with van der Waals surface area (Å²) in [6, 6.07) is 0. The van der Waals surface area contributed by atoms with Crippen LogP contribution in [0.1, 0.15) is 11.4 Å². The van der Waals surface area contributed by atoms with E-state index >= 15 is 0 Å². The number of hydrogen-bond donors (Lipinski definition) is 2. The van der Waals surface area contributed by atoms with Crippen LogP contribution in [0.15, 0.2) is 11.6 Å². The van der Waals surface area contributed by atoms with Gasteiger partial charge in [-0.25, -0.2) is 9.67 Å². The van der Waals surface area contributed by atoms with Crippen molar-refractivity contribution in [3.63, 3.8) is 0 Å². The lowest BCUT2D eigenvalue weighted by Gasteiger charge is -2.00. The summed E-state index contributed by atoms with van der Waals surface area (Å²) in [5.41, 5.74) is 1.54. The minimum absolute atomic E-state index is 0.0171. The highest BCUT2D eigenvalue weighted by atomic mass is 32.1. The molecule has 0 radical (unpaired) electrons. The van der Waals surface area contributed by atoms with Gasteiger partial charge in [-0.2, -0.15) is 0 Å². The Morgan fingerprint density at radius 1 is 1.61 bits per heavy atom. The van der Waals surface area contributed by atoms with Gasteiger partial charge < -0.3 is 10.4 Å². The molecule has 18 heavy (non-hydrogen) atoms. The van der Waals surface area contributed by atoms with Gasteiger partial charge in [0.1, 0.15) is 6.54 Å². The maximum absolute atomic E-state index is 11.7. The van der Waals surface area contributed by atoms with E-state index in [4.69, 9.17) is 5.11 Å². The average molecular weight is 267 g/mol. The maximum atomic E-state index is 11.7. The Hall–Kier alpha value is -1.80. The van der Waals surface area contributed by atoms with Crippen molar-refractivity contribution in [1.82, 2.24) is 20.0 Å². The zero-order valence-electron chi connectivity index (χ0n) is 9.83. The molecule has 0 saturated heterocycles. The maximum Gasteiger partial charge on any atom is 0.247 e. The van der Waals surface area contributed by atoms with Crippen LogP contribution in [-0.4, -0.2) is 37.6 Å². The molecule has 96 valence electrons. The molecule has 0 saturated carbocycles. The quantitative estimate of drug-likeness (QED) is 0.808. The van der Waals surface area contributed by atoms with Gasteiger partial charge in [0.25, 0.3) is 0 Å². The van der Waals surface area contributed by atoms with Crippen LogP contribution >= 0.6 is 11.3 Å². The van der Waals surface area contributed by atoms with E-state index in [1.54, 1.807) is 6.20 Å². The van der Waals surface area contributed by atoms with Crippen molar-refractivity contribution >= 4 is 22.4 Å². The number of carbonyl (C=O) groups is 1. The molecule has 0 spiro atoms. The van der Waals surface area contributed by atoms with Crippen LogP contribution < -0.4 is 5.32 Å². The van der Waals surface area contributed by atoms with Gasteiger partial charge in [0.2, 0.25) is 5.91 Å². The topological polar surface area (TPSA) is 92.9 Å². The highest BCUT2D eigenvalue weighted by molar-refractivity contribution is 7.13. The van der Waals surface area contributed by atoms with E-state index in [0.29, 0.717) is 17.2 Å².